The summed E-state index contributed by atoms with van der Waals surface area (Å²) in [6, 6.07) is 19.0. The second-order valence-corrected chi connectivity index (χ2v) is 5.42. The second kappa shape index (κ2) is 5.90. The minimum absolute atomic E-state index is 0.0338. The normalized spacial score (nSPS) is 14.7. The van der Waals surface area contributed by atoms with Crippen LogP contribution in [0.5, 0.6) is 5.75 Å². The molecule has 2 aromatic rings. The Bertz CT molecular complexity index is 698. The van der Waals surface area contributed by atoms with Crippen LogP contribution in [0.4, 0.5) is 5.69 Å². The first-order valence-corrected chi connectivity index (χ1v) is 7.21. The van der Waals surface area contributed by atoms with Gasteiger partial charge in [-0.05, 0) is 42.7 Å². The predicted molar refractivity (Wildman–Crippen MR) is 83.5 cm³/mol. The first-order chi connectivity index (χ1) is 10.7. The molecule has 4 nitrogen and oxygen atoms in total. The average Bonchev–Trinajstić information content (AvgIpc) is 3.36. The van der Waals surface area contributed by atoms with Crippen molar-refractivity contribution in [2.75, 3.05) is 11.9 Å². The molecule has 0 heterocycles. The number of nitriles is 1. The topological polar surface area (TPSA) is 62.1 Å². The number of para-hydroxylation sites is 1. The van der Waals surface area contributed by atoms with E-state index in [1.165, 1.54) is 0 Å². The number of benzene rings is 2. The zero-order valence-electron chi connectivity index (χ0n) is 12.1. The van der Waals surface area contributed by atoms with Gasteiger partial charge in [0.05, 0.1) is 11.5 Å². The number of carbonyl (C=O) groups is 1. The largest absolute Gasteiger partial charge is 0.484 e. The molecule has 22 heavy (non-hydrogen) atoms. The number of hydrogen-bond donors (Lipinski definition) is 1. The molecule has 1 saturated carbocycles. The molecule has 0 radical (unpaired) electrons. The average molecular weight is 292 g/mol. The maximum Gasteiger partial charge on any atom is 0.262 e. The van der Waals surface area contributed by atoms with Crippen LogP contribution in [0.2, 0.25) is 0 Å². The summed E-state index contributed by atoms with van der Waals surface area (Å²) in [5, 5.41) is 11.9. The van der Waals surface area contributed by atoms with Crippen LogP contribution in [0.25, 0.3) is 0 Å². The number of anilines is 1. The number of ether oxygens (including phenoxy) is 1. The summed E-state index contributed by atoms with van der Waals surface area (Å²) in [7, 11) is 0. The number of nitrogens with zero attached hydrogens (tertiary/aromatic N) is 1. The number of carbonyl (C=O) groups excluding carboxylic acids is 1. The van der Waals surface area contributed by atoms with Gasteiger partial charge in [0.15, 0.2) is 6.61 Å². The van der Waals surface area contributed by atoms with Crippen molar-refractivity contribution in [2.24, 2.45) is 0 Å². The first kappa shape index (κ1) is 14.2. The Hall–Kier alpha value is -2.80. The number of hydrogen-bond acceptors (Lipinski definition) is 3. The Labute approximate surface area is 129 Å². The van der Waals surface area contributed by atoms with Gasteiger partial charge in [0.25, 0.3) is 5.91 Å². The van der Waals surface area contributed by atoms with Gasteiger partial charge in [0, 0.05) is 5.69 Å². The van der Waals surface area contributed by atoms with Crippen LogP contribution in [0.1, 0.15) is 18.4 Å². The van der Waals surface area contributed by atoms with Gasteiger partial charge < -0.3 is 10.1 Å². The third kappa shape index (κ3) is 3.09. The fraction of sp³-hybridized carbons (Fsp3) is 0.222. The molecule has 0 unspecified atom stereocenters. The monoisotopic (exact) mass is 292 g/mol. The second-order valence-electron chi connectivity index (χ2n) is 5.42. The van der Waals surface area contributed by atoms with E-state index in [9.17, 15) is 4.79 Å². The molecule has 0 bridgehead atoms. The molecular formula is C18H16N2O2. The molecule has 2 aromatic carbocycles. The molecule has 4 heteroatoms. The first-order valence-electron chi connectivity index (χ1n) is 7.21. The summed E-state index contributed by atoms with van der Waals surface area (Å²) < 4.78 is 5.39. The number of nitrogens with one attached hydrogen (secondary N) is 1. The van der Waals surface area contributed by atoms with Crippen LogP contribution in [-0.4, -0.2) is 12.5 Å². The van der Waals surface area contributed by atoms with Crippen LogP contribution < -0.4 is 10.1 Å². The zero-order valence-corrected chi connectivity index (χ0v) is 12.1. The lowest BCUT2D eigenvalue weighted by Crippen LogP contribution is -2.20. The highest BCUT2D eigenvalue weighted by molar-refractivity contribution is 5.91. The van der Waals surface area contributed by atoms with Crippen molar-refractivity contribution < 1.29 is 9.53 Å². The molecule has 1 fully saturated rings. The molecule has 3 rings (SSSR count). The quantitative estimate of drug-likeness (QED) is 0.920. The fourth-order valence-corrected chi connectivity index (χ4v) is 2.33. The molecule has 0 spiro atoms. The van der Waals surface area contributed by atoms with Gasteiger partial charge in [-0.15, -0.1) is 0 Å². The van der Waals surface area contributed by atoms with Gasteiger partial charge in [0.1, 0.15) is 5.75 Å². The number of rotatable bonds is 5. The van der Waals surface area contributed by atoms with Gasteiger partial charge in [-0.1, -0.05) is 30.3 Å². The summed E-state index contributed by atoms with van der Waals surface area (Å²) in [4.78, 5) is 11.8. The van der Waals surface area contributed by atoms with Crippen molar-refractivity contribution in [3.63, 3.8) is 0 Å². The van der Waals surface area contributed by atoms with Crippen molar-refractivity contribution in [1.29, 1.82) is 5.26 Å². The van der Waals surface area contributed by atoms with E-state index in [2.05, 4.69) is 11.4 Å². The van der Waals surface area contributed by atoms with Crippen LogP contribution in [0.3, 0.4) is 0 Å². The standard InChI is InChI=1S/C18H16N2O2/c19-13-18(10-11-18)14-6-8-15(9-7-14)20-17(21)12-22-16-4-2-1-3-5-16/h1-9H,10-12H2,(H,20,21). The van der Waals surface area contributed by atoms with Gasteiger partial charge in [-0.2, -0.15) is 5.26 Å². The zero-order chi connectivity index (χ0) is 15.4. The Kier molecular flexibility index (Phi) is 3.80. The molecule has 1 amide bonds. The Balaban J connectivity index is 1.55. The lowest BCUT2D eigenvalue weighted by atomic mass is 9.98. The van der Waals surface area contributed by atoms with Crippen molar-refractivity contribution in [3.05, 3.63) is 60.2 Å². The van der Waals surface area contributed by atoms with Gasteiger partial charge in [-0.3, -0.25) is 4.79 Å². The molecule has 1 aliphatic carbocycles. The maximum absolute atomic E-state index is 11.8. The van der Waals surface area contributed by atoms with Crippen LogP contribution in [0, 0.1) is 11.3 Å². The van der Waals surface area contributed by atoms with E-state index in [-0.39, 0.29) is 17.9 Å². The van der Waals surface area contributed by atoms with E-state index < -0.39 is 0 Å². The van der Waals surface area contributed by atoms with Gasteiger partial charge in [0.2, 0.25) is 0 Å². The lowest BCUT2D eigenvalue weighted by molar-refractivity contribution is -0.118. The summed E-state index contributed by atoms with van der Waals surface area (Å²) in [5.41, 5.74) is 1.44. The lowest BCUT2D eigenvalue weighted by Gasteiger charge is -2.09. The smallest absolute Gasteiger partial charge is 0.262 e. The summed E-state index contributed by atoms with van der Waals surface area (Å²) in [6.45, 7) is -0.0338. The van der Waals surface area contributed by atoms with Crippen LogP contribution in [0.15, 0.2) is 54.6 Å². The molecule has 0 aliphatic heterocycles. The van der Waals surface area contributed by atoms with Crippen LogP contribution >= 0.6 is 0 Å². The highest BCUT2D eigenvalue weighted by atomic mass is 16.5. The minimum atomic E-state index is -0.293. The fourth-order valence-electron chi connectivity index (χ4n) is 2.33. The Morgan fingerprint density at radius 2 is 1.82 bits per heavy atom. The van der Waals surface area contributed by atoms with Crippen molar-refractivity contribution in [2.45, 2.75) is 18.3 Å². The predicted octanol–water partition coefficient (Wildman–Crippen LogP) is 3.26. The van der Waals surface area contributed by atoms with E-state index in [1.807, 2.05) is 42.5 Å². The summed E-state index contributed by atoms with van der Waals surface area (Å²) >= 11 is 0. The Morgan fingerprint density at radius 3 is 2.41 bits per heavy atom. The van der Waals surface area contributed by atoms with E-state index in [4.69, 9.17) is 10.00 Å². The molecule has 0 saturated heterocycles. The summed E-state index contributed by atoms with van der Waals surface area (Å²) in [6.07, 6.45) is 1.83. The van der Waals surface area contributed by atoms with Crippen molar-refractivity contribution >= 4 is 11.6 Å². The molecule has 1 aliphatic rings. The molecule has 110 valence electrons. The van der Waals surface area contributed by atoms with Crippen molar-refractivity contribution in [1.82, 2.24) is 0 Å². The van der Waals surface area contributed by atoms with E-state index in [0.29, 0.717) is 11.4 Å². The van der Waals surface area contributed by atoms with Crippen molar-refractivity contribution in [3.8, 4) is 11.8 Å². The molecule has 0 atom stereocenters. The minimum Gasteiger partial charge on any atom is -0.484 e. The Morgan fingerprint density at radius 1 is 1.14 bits per heavy atom. The van der Waals surface area contributed by atoms with Gasteiger partial charge in [-0.25, -0.2) is 0 Å². The third-order valence-electron chi connectivity index (χ3n) is 3.80. The molecule has 1 N–H and O–H groups in total. The summed E-state index contributed by atoms with van der Waals surface area (Å²) in [5.74, 6) is 0.454. The van der Waals surface area contributed by atoms with Crippen LogP contribution in [-0.2, 0) is 10.2 Å². The molecular weight excluding hydrogens is 276 g/mol. The highest BCUT2D eigenvalue weighted by Crippen LogP contribution is 2.47. The highest BCUT2D eigenvalue weighted by Gasteiger charge is 2.44. The SMILES string of the molecule is N#CC1(c2ccc(NC(=O)COc3ccccc3)cc2)CC1. The number of amides is 1. The maximum atomic E-state index is 11.8. The van der Waals surface area contributed by atoms with E-state index in [1.54, 1.807) is 12.1 Å². The third-order valence-corrected chi connectivity index (χ3v) is 3.80. The van der Waals surface area contributed by atoms with Gasteiger partial charge >= 0.3 is 0 Å². The molecule has 0 aromatic heterocycles. The van der Waals surface area contributed by atoms with E-state index in [0.717, 1.165) is 18.4 Å². The van der Waals surface area contributed by atoms with E-state index >= 15 is 0 Å².